The molecule has 1 heterocycles. The van der Waals surface area contributed by atoms with Crippen LogP contribution in [0.3, 0.4) is 0 Å². The van der Waals surface area contributed by atoms with E-state index >= 15 is 0 Å². The Bertz CT molecular complexity index is 557. The lowest BCUT2D eigenvalue weighted by molar-refractivity contribution is 0.415. The zero-order valence-electron chi connectivity index (χ0n) is 11.1. The van der Waals surface area contributed by atoms with Crippen molar-refractivity contribution in [3.8, 4) is 5.75 Å². The highest BCUT2D eigenvalue weighted by Gasteiger charge is 2.02. The minimum atomic E-state index is 0.867. The Morgan fingerprint density at radius 3 is 3.11 bits per heavy atom. The first-order valence-electron chi connectivity index (χ1n) is 6.20. The standard InChI is InChI=1S/C15H18N2OS/c1-3-9-19-10-8-17-15-14-5-4-13(18-2)11-12(14)6-7-16-15/h3-7,11H,1,8-10H2,2H3,(H,16,17). The molecule has 0 saturated carbocycles. The Hall–Kier alpha value is -1.68. The number of anilines is 1. The summed E-state index contributed by atoms with van der Waals surface area (Å²) in [6.07, 6.45) is 3.74. The van der Waals surface area contributed by atoms with Crippen molar-refractivity contribution < 1.29 is 4.74 Å². The molecule has 1 aromatic carbocycles. The average Bonchev–Trinajstić information content (AvgIpc) is 2.46. The summed E-state index contributed by atoms with van der Waals surface area (Å²) < 4.78 is 5.23. The van der Waals surface area contributed by atoms with Gasteiger partial charge in [-0.05, 0) is 29.7 Å². The van der Waals surface area contributed by atoms with Gasteiger partial charge in [0.05, 0.1) is 7.11 Å². The molecule has 1 aromatic heterocycles. The van der Waals surface area contributed by atoms with Crippen LogP contribution in [0.2, 0.25) is 0 Å². The molecule has 1 N–H and O–H groups in total. The Kier molecular flexibility index (Phi) is 5.10. The van der Waals surface area contributed by atoms with Crippen LogP contribution >= 0.6 is 11.8 Å². The molecule has 100 valence electrons. The van der Waals surface area contributed by atoms with Crippen LogP contribution in [0.5, 0.6) is 5.75 Å². The minimum absolute atomic E-state index is 0.867. The van der Waals surface area contributed by atoms with E-state index in [1.54, 1.807) is 7.11 Å². The SMILES string of the molecule is C=CCSCCNc1nccc2cc(OC)ccc12. The molecule has 0 aliphatic heterocycles. The van der Waals surface area contributed by atoms with Crippen molar-refractivity contribution in [2.45, 2.75) is 0 Å². The van der Waals surface area contributed by atoms with E-state index in [0.717, 1.165) is 40.4 Å². The number of ether oxygens (including phenoxy) is 1. The number of fused-ring (bicyclic) bond motifs is 1. The fraction of sp³-hybridized carbons (Fsp3) is 0.267. The van der Waals surface area contributed by atoms with E-state index in [2.05, 4.69) is 16.9 Å². The third-order valence-electron chi connectivity index (χ3n) is 2.75. The van der Waals surface area contributed by atoms with Crippen LogP contribution in [0, 0.1) is 0 Å². The van der Waals surface area contributed by atoms with Crippen molar-refractivity contribution in [2.24, 2.45) is 0 Å². The Labute approximate surface area is 118 Å². The number of hydrogen-bond acceptors (Lipinski definition) is 4. The molecule has 3 nitrogen and oxygen atoms in total. The summed E-state index contributed by atoms with van der Waals surface area (Å²) in [5.74, 6) is 3.83. The van der Waals surface area contributed by atoms with Crippen LogP contribution in [-0.2, 0) is 0 Å². The van der Waals surface area contributed by atoms with E-state index in [1.807, 2.05) is 48.3 Å². The number of benzene rings is 1. The van der Waals surface area contributed by atoms with Crippen LogP contribution in [0.15, 0.2) is 43.1 Å². The van der Waals surface area contributed by atoms with Crippen LogP contribution in [0.4, 0.5) is 5.82 Å². The molecule has 2 aromatic rings. The lowest BCUT2D eigenvalue weighted by Gasteiger charge is -2.09. The minimum Gasteiger partial charge on any atom is -0.497 e. The van der Waals surface area contributed by atoms with E-state index < -0.39 is 0 Å². The molecule has 19 heavy (non-hydrogen) atoms. The number of methoxy groups -OCH3 is 1. The highest BCUT2D eigenvalue weighted by molar-refractivity contribution is 7.99. The highest BCUT2D eigenvalue weighted by atomic mass is 32.2. The largest absolute Gasteiger partial charge is 0.497 e. The van der Waals surface area contributed by atoms with Gasteiger partial charge in [0.1, 0.15) is 11.6 Å². The quantitative estimate of drug-likeness (QED) is 0.618. The predicted octanol–water partition coefficient (Wildman–Crippen LogP) is 3.57. The first-order valence-corrected chi connectivity index (χ1v) is 7.36. The van der Waals surface area contributed by atoms with Gasteiger partial charge in [-0.1, -0.05) is 6.08 Å². The number of nitrogens with zero attached hydrogens (tertiary/aromatic N) is 1. The maximum Gasteiger partial charge on any atom is 0.133 e. The van der Waals surface area contributed by atoms with E-state index in [-0.39, 0.29) is 0 Å². The molecule has 2 rings (SSSR count). The zero-order chi connectivity index (χ0) is 13.5. The summed E-state index contributed by atoms with van der Waals surface area (Å²) in [5.41, 5.74) is 0. The maximum absolute atomic E-state index is 5.23. The molecule has 0 fully saturated rings. The average molecular weight is 274 g/mol. The number of hydrogen-bond donors (Lipinski definition) is 1. The number of thioether (sulfide) groups is 1. The second-order valence-electron chi connectivity index (χ2n) is 4.04. The van der Waals surface area contributed by atoms with Gasteiger partial charge in [-0.15, -0.1) is 6.58 Å². The van der Waals surface area contributed by atoms with E-state index in [1.165, 1.54) is 0 Å². The highest BCUT2D eigenvalue weighted by Crippen LogP contribution is 2.25. The number of nitrogens with one attached hydrogen (secondary N) is 1. The molecule has 0 radical (unpaired) electrons. The molecule has 0 atom stereocenters. The molecular weight excluding hydrogens is 256 g/mol. The lowest BCUT2D eigenvalue weighted by Crippen LogP contribution is -2.06. The van der Waals surface area contributed by atoms with Crippen molar-refractivity contribution in [1.29, 1.82) is 0 Å². The summed E-state index contributed by atoms with van der Waals surface area (Å²) >= 11 is 1.86. The van der Waals surface area contributed by atoms with Gasteiger partial charge in [-0.3, -0.25) is 0 Å². The second-order valence-corrected chi connectivity index (χ2v) is 5.19. The first-order chi connectivity index (χ1) is 9.35. The zero-order valence-corrected chi connectivity index (χ0v) is 11.9. The molecule has 0 aliphatic rings. The summed E-state index contributed by atoms with van der Waals surface area (Å²) in [7, 11) is 1.68. The van der Waals surface area contributed by atoms with Crippen LogP contribution in [-0.4, -0.2) is 30.1 Å². The molecule has 4 heteroatoms. The second kappa shape index (κ2) is 7.04. The first kappa shape index (κ1) is 13.7. The number of aromatic nitrogens is 1. The third-order valence-corrected chi connectivity index (χ3v) is 3.71. The monoisotopic (exact) mass is 274 g/mol. The summed E-state index contributed by atoms with van der Waals surface area (Å²) in [4.78, 5) is 4.40. The Balaban J connectivity index is 2.08. The van der Waals surface area contributed by atoms with Crippen molar-refractivity contribution in [1.82, 2.24) is 4.98 Å². The van der Waals surface area contributed by atoms with Crippen molar-refractivity contribution in [2.75, 3.05) is 30.5 Å². The van der Waals surface area contributed by atoms with Crippen LogP contribution in [0.25, 0.3) is 10.8 Å². The fourth-order valence-corrected chi connectivity index (χ4v) is 2.41. The van der Waals surface area contributed by atoms with E-state index in [9.17, 15) is 0 Å². The van der Waals surface area contributed by atoms with Gasteiger partial charge < -0.3 is 10.1 Å². The Morgan fingerprint density at radius 1 is 1.42 bits per heavy atom. The van der Waals surface area contributed by atoms with E-state index in [0.29, 0.717) is 0 Å². The van der Waals surface area contributed by atoms with Gasteiger partial charge >= 0.3 is 0 Å². The Morgan fingerprint density at radius 2 is 2.32 bits per heavy atom. The van der Waals surface area contributed by atoms with Crippen LogP contribution < -0.4 is 10.1 Å². The van der Waals surface area contributed by atoms with Crippen LogP contribution in [0.1, 0.15) is 0 Å². The smallest absolute Gasteiger partial charge is 0.133 e. The van der Waals surface area contributed by atoms with Gasteiger partial charge in [-0.2, -0.15) is 11.8 Å². The number of rotatable bonds is 7. The van der Waals surface area contributed by atoms with Gasteiger partial charge in [0.15, 0.2) is 0 Å². The normalized spacial score (nSPS) is 10.4. The predicted molar refractivity (Wildman–Crippen MR) is 84.3 cm³/mol. The van der Waals surface area contributed by atoms with Gasteiger partial charge in [0.25, 0.3) is 0 Å². The van der Waals surface area contributed by atoms with Crippen molar-refractivity contribution in [3.63, 3.8) is 0 Å². The summed E-state index contributed by atoms with van der Waals surface area (Å²) in [5, 5.41) is 5.63. The van der Waals surface area contributed by atoms with Gasteiger partial charge in [0.2, 0.25) is 0 Å². The van der Waals surface area contributed by atoms with Gasteiger partial charge in [-0.25, -0.2) is 4.98 Å². The van der Waals surface area contributed by atoms with Crippen molar-refractivity contribution in [3.05, 3.63) is 43.1 Å². The molecule has 0 bridgehead atoms. The molecule has 0 unspecified atom stereocenters. The summed E-state index contributed by atoms with van der Waals surface area (Å²) in [6, 6.07) is 8.02. The maximum atomic E-state index is 5.23. The third kappa shape index (κ3) is 3.64. The van der Waals surface area contributed by atoms with Gasteiger partial charge in [0, 0.05) is 29.6 Å². The molecule has 0 amide bonds. The topological polar surface area (TPSA) is 34.2 Å². The summed E-state index contributed by atoms with van der Waals surface area (Å²) in [6.45, 7) is 4.61. The molecule has 0 saturated heterocycles. The lowest BCUT2D eigenvalue weighted by atomic mass is 10.1. The molecule has 0 aliphatic carbocycles. The molecular formula is C15H18N2OS. The van der Waals surface area contributed by atoms with E-state index in [4.69, 9.17) is 4.74 Å². The fourth-order valence-electron chi connectivity index (χ4n) is 1.83. The van der Waals surface area contributed by atoms with Crippen molar-refractivity contribution >= 4 is 28.4 Å². The molecule has 0 spiro atoms. The number of pyridine rings is 1.